The molecule has 3 N–H and O–H groups in total. The Morgan fingerprint density at radius 2 is 1.38 bits per heavy atom. The number of carbonyl (C=O) groups excluding carboxylic acids is 1. The van der Waals surface area contributed by atoms with Crippen LogP contribution >= 0.6 is 0 Å². The Hall–Kier alpha value is -6.17. The predicted octanol–water partition coefficient (Wildman–Crippen LogP) is 3.86. The van der Waals surface area contributed by atoms with Gasteiger partial charge in [-0.15, -0.1) is 0 Å². The number of carbonyl (C=O) groups is 2. The number of hydrogen-bond acceptors (Lipinski definition) is 8. The fourth-order valence-electron chi connectivity index (χ4n) is 5.38. The third-order valence-electron chi connectivity index (χ3n) is 8.49. The highest BCUT2D eigenvalue weighted by Crippen LogP contribution is 2.31. The third kappa shape index (κ3) is 7.43. The van der Waals surface area contributed by atoms with E-state index < -0.39 is 85.0 Å². The molecule has 5 rings (SSSR count). The second-order valence-corrected chi connectivity index (χ2v) is 13.5. The molecule has 0 saturated heterocycles. The highest BCUT2D eigenvalue weighted by atomic mass is 32.2. The molecule has 0 spiro atoms. The molecule has 2 aromatic heterocycles. The van der Waals surface area contributed by atoms with Crippen LogP contribution in [0.5, 0.6) is 0 Å². The van der Waals surface area contributed by atoms with E-state index in [0.717, 1.165) is 16.7 Å². The molecule has 5 aromatic rings. The van der Waals surface area contributed by atoms with E-state index in [2.05, 4.69) is 9.97 Å². The van der Waals surface area contributed by atoms with Gasteiger partial charge < -0.3 is 15.0 Å². The molecule has 53 heavy (non-hydrogen) atoms. The van der Waals surface area contributed by atoms with E-state index in [1.165, 1.54) is 72.2 Å². The molecule has 1 atom stereocenters. The third-order valence-corrected chi connectivity index (χ3v) is 9.86. The highest BCUT2D eigenvalue weighted by Gasteiger charge is 2.33. The Kier molecular flexibility index (Phi) is 10.6. The zero-order chi connectivity index (χ0) is 38.9. The van der Waals surface area contributed by atoms with Crippen LogP contribution in [-0.2, 0) is 41.8 Å². The van der Waals surface area contributed by atoms with Crippen LogP contribution in [0.3, 0.4) is 0 Å². The van der Waals surface area contributed by atoms with Crippen molar-refractivity contribution in [3.05, 3.63) is 128 Å². The first-order valence-corrected chi connectivity index (χ1v) is 17.1. The lowest BCUT2D eigenvalue weighted by molar-refractivity contribution is -0.139. The van der Waals surface area contributed by atoms with Crippen LogP contribution in [0, 0.1) is 30.2 Å². The fraction of sp³-hybridized carbons (Fsp3) is 0.200. The molecule has 0 aliphatic carbocycles. The summed E-state index contributed by atoms with van der Waals surface area (Å²) >= 11 is 0. The smallest absolute Gasteiger partial charge is 0.330 e. The summed E-state index contributed by atoms with van der Waals surface area (Å²) in [4.78, 5) is 57.7. The summed E-state index contributed by atoms with van der Waals surface area (Å²) in [6.07, 6.45) is 3.15. The molecule has 0 saturated carbocycles. The van der Waals surface area contributed by atoms with E-state index in [4.69, 9.17) is 0 Å². The predicted molar refractivity (Wildman–Crippen MR) is 184 cm³/mol. The molecule has 2 heterocycles. The Morgan fingerprint density at radius 3 is 1.91 bits per heavy atom. The Labute approximate surface area is 298 Å². The minimum atomic E-state index is -4.84. The molecule has 0 aliphatic heterocycles. The normalized spacial score (nSPS) is 12.0. The molecule has 13 nitrogen and oxygen atoms in total. The zero-order valence-electron chi connectivity index (χ0n) is 28.4. The Morgan fingerprint density at radius 1 is 0.830 bits per heavy atom. The first-order valence-electron chi connectivity index (χ1n) is 15.7. The van der Waals surface area contributed by atoms with Gasteiger partial charge >= 0.3 is 11.7 Å². The number of nitrogens with one attached hydrogen (secondary N) is 2. The van der Waals surface area contributed by atoms with Gasteiger partial charge in [-0.1, -0.05) is 43.3 Å². The first kappa shape index (κ1) is 38.1. The molecular formula is C35H30F4N6O7S. The molecule has 0 unspecified atom stereocenters. The number of anilines is 1. The Bertz CT molecular complexity index is 2460. The van der Waals surface area contributed by atoms with Crippen molar-refractivity contribution < 1.29 is 40.7 Å². The SMILES string of the molecule is CCc1ncc(-c2ccc(S(=O)(=O)Nc3c(F)c(F)c(C(=O)N[C@@H](Cc4ccc(-c5c(C)n(C)c(=O)n(C)c5=O)cc4)C(=O)O)c(F)c3F)cc2)cn1. The van der Waals surface area contributed by atoms with Gasteiger partial charge in [0.05, 0.1) is 10.5 Å². The van der Waals surface area contributed by atoms with Crippen LogP contribution in [-0.4, -0.2) is 50.5 Å². The summed E-state index contributed by atoms with van der Waals surface area (Å²) in [5.41, 5.74) is -2.44. The van der Waals surface area contributed by atoms with E-state index in [-0.39, 0.29) is 11.1 Å². The monoisotopic (exact) mass is 754 g/mol. The second-order valence-electron chi connectivity index (χ2n) is 11.8. The van der Waals surface area contributed by atoms with Crippen LogP contribution in [0.1, 0.15) is 34.4 Å². The second kappa shape index (κ2) is 14.8. The van der Waals surface area contributed by atoms with Crippen molar-refractivity contribution in [2.45, 2.75) is 37.6 Å². The number of halogens is 4. The van der Waals surface area contributed by atoms with Gasteiger partial charge in [0.1, 0.15) is 23.1 Å². The lowest BCUT2D eigenvalue weighted by Crippen LogP contribution is -2.43. The van der Waals surface area contributed by atoms with Gasteiger partial charge in [0.15, 0.2) is 23.3 Å². The maximum Gasteiger partial charge on any atom is 0.330 e. The number of benzene rings is 3. The molecule has 0 fully saturated rings. The van der Waals surface area contributed by atoms with Gasteiger partial charge in [0.2, 0.25) is 0 Å². The van der Waals surface area contributed by atoms with Gasteiger partial charge in [-0.3, -0.25) is 18.9 Å². The molecule has 0 bridgehead atoms. The van der Waals surface area contributed by atoms with Crippen molar-refractivity contribution in [1.82, 2.24) is 24.4 Å². The molecule has 276 valence electrons. The Balaban J connectivity index is 1.35. The molecule has 0 radical (unpaired) electrons. The topological polar surface area (TPSA) is 182 Å². The first-order chi connectivity index (χ1) is 25.0. The van der Waals surface area contributed by atoms with Crippen molar-refractivity contribution in [2.24, 2.45) is 14.1 Å². The van der Waals surface area contributed by atoms with Crippen molar-refractivity contribution in [3.8, 4) is 22.3 Å². The number of carboxylic acids is 1. The average Bonchev–Trinajstić information content (AvgIpc) is 3.14. The van der Waals surface area contributed by atoms with E-state index in [1.54, 1.807) is 6.92 Å². The van der Waals surface area contributed by atoms with Gasteiger partial charge in [0.25, 0.3) is 21.5 Å². The number of rotatable bonds is 11. The summed E-state index contributed by atoms with van der Waals surface area (Å²) in [5.74, 6) is -12.0. The number of amides is 1. The summed E-state index contributed by atoms with van der Waals surface area (Å²) in [6.45, 7) is 3.43. The maximum atomic E-state index is 15.2. The van der Waals surface area contributed by atoms with Gasteiger partial charge in [-0.25, -0.2) is 45.5 Å². The molecule has 1 amide bonds. The molecule has 0 aliphatic rings. The quantitative estimate of drug-likeness (QED) is 0.133. The van der Waals surface area contributed by atoms with E-state index in [0.29, 0.717) is 34.6 Å². The van der Waals surface area contributed by atoms with Crippen molar-refractivity contribution >= 4 is 27.6 Å². The van der Waals surface area contributed by atoms with E-state index in [1.807, 2.05) is 12.2 Å². The van der Waals surface area contributed by atoms with Crippen LogP contribution < -0.4 is 21.3 Å². The lowest BCUT2D eigenvalue weighted by atomic mass is 10.00. The van der Waals surface area contributed by atoms with Gasteiger partial charge in [-0.2, -0.15) is 0 Å². The highest BCUT2D eigenvalue weighted by molar-refractivity contribution is 7.92. The van der Waals surface area contributed by atoms with Crippen molar-refractivity contribution in [1.29, 1.82) is 0 Å². The van der Waals surface area contributed by atoms with Crippen LogP contribution in [0.25, 0.3) is 22.3 Å². The standard InChI is InChI=1S/C35H30F4N6O7S/c1-5-24-40-15-21(16-41-24)19-10-12-22(13-11-19)53(51,52)43-31-29(38)27(36)26(28(37)30(31)39)32(46)42-23(34(48)49)14-18-6-8-20(9-7-18)25-17(2)44(3)35(50)45(4)33(25)47/h6-13,15-16,23,43H,5,14H2,1-4H3,(H,42,46)(H,48,49)/t23-/m0/s1. The van der Waals surface area contributed by atoms with Crippen LogP contribution in [0.15, 0.2) is 75.4 Å². The summed E-state index contributed by atoms with van der Waals surface area (Å²) in [6, 6.07) is 8.72. The number of aryl methyl sites for hydroxylation is 1. The van der Waals surface area contributed by atoms with Crippen LogP contribution in [0.2, 0.25) is 0 Å². The summed E-state index contributed by atoms with van der Waals surface area (Å²) in [7, 11) is -2.05. The maximum absolute atomic E-state index is 15.2. The number of aromatic nitrogens is 4. The fourth-order valence-corrected chi connectivity index (χ4v) is 6.44. The number of sulfonamides is 1. The largest absolute Gasteiger partial charge is 0.480 e. The van der Waals surface area contributed by atoms with Crippen molar-refractivity contribution in [2.75, 3.05) is 4.72 Å². The van der Waals surface area contributed by atoms with Gasteiger partial charge in [0, 0.05) is 50.6 Å². The van der Waals surface area contributed by atoms with Crippen LogP contribution in [0.4, 0.5) is 23.2 Å². The number of nitrogens with zero attached hydrogens (tertiary/aromatic N) is 4. The summed E-state index contributed by atoms with van der Waals surface area (Å²) < 4.78 is 90.2. The minimum Gasteiger partial charge on any atom is -0.480 e. The van der Waals surface area contributed by atoms with E-state index >= 15 is 17.6 Å². The van der Waals surface area contributed by atoms with Crippen molar-refractivity contribution in [3.63, 3.8) is 0 Å². The molecule has 3 aromatic carbocycles. The van der Waals surface area contributed by atoms with Gasteiger partial charge in [-0.05, 0) is 35.7 Å². The number of hydrogen-bond donors (Lipinski definition) is 3. The number of carboxylic acid groups (broad SMARTS) is 1. The zero-order valence-corrected chi connectivity index (χ0v) is 29.2. The molecule has 18 heteroatoms. The summed E-state index contributed by atoms with van der Waals surface area (Å²) in [5, 5.41) is 11.6. The number of aliphatic carboxylic acids is 1. The molecular weight excluding hydrogens is 724 g/mol. The average molecular weight is 755 g/mol. The van der Waals surface area contributed by atoms with E-state index in [9.17, 15) is 32.7 Å². The lowest BCUT2D eigenvalue weighted by Gasteiger charge is -2.17. The minimum absolute atomic E-state index is 0.201.